The zero-order valence-electron chi connectivity index (χ0n) is 34.8. The molecule has 59 heavy (non-hydrogen) atoms. The van der Waals surface area contributed by atoms with Crippen LogP contribution in [0.4, 0.5) is 14.5 Å². The number of likely N-dealkylation sites (N-methyl/N-ethyl adjacent to an activating group) is 1. The summed E-state index contributed by atoms with van der Waals surface area (Å²) in [4.78, 5) is 52.5. The molecule has 1 saturated carbocycles. The fraction of sp³-hybridized carbons (Fsp3) is 0.578. The number of ether oxygens (including phenoxy) is 4. The predicted molar refractivity (Wildman–Crippen MR) is 214 cm³/mol. The van der Waals surface area contributed by atoms with Gasteiger partial charge in [0, 0.05) is 96.9 Å². The number of hydrogen-bond acceptors (Lipinski definition) is 11. The third-order valence-electron chi connectivity index (χ3n) is 15.3. The highest BCUT2D eigenvalue weighted by Gasteiger charge is 2.80. The number of aliphatic hydroxyl groups is 1. The van der Waals surface area contributed by atoms with Gasteiger partial charge in [-0.05, 0) is 68.3 Å². The molecule has 1 aliphatic carbocycles. The summed E-state index contributed by atoms with van der Waals surface area (Å²) in [7, 11) is 5.94. The molecule has 5 aliphatic heterocycles. The van der Waals surface area contributed by atoms with Crippen LogP contribution in [0.25, 0.3) is 10.9 Å². The average Bonchev–Trinajstić information content (AvgIpc) is 3.86. The summed E-state index contributed by atoms with van der Waals surface area (Å²) in [6, 6.07) is 10.3. The van der Waals surface area contributed by atoms with E-state index in [2.05, 4.69) is 14.8 Å². The first-order valence-corrected chi connectivity index (χ1v) is 20.7. The lowest BCUT2D eigenvalue weighted by atomic mass is 9.47. The number of aromatic nitrogens is 1. The molecule has 2 saturated heterocycles. The number of anilines is 1. The number of aromatic amines is 1. The molecule has 9 rings (SSSR count). The van der Waals surface area contributed by atoms with Gasteiger partial charge in [-0.2, -0.15) is 0 Å². The second-order valence-electron chi connectivity index (χ2n) is 18.0. The largest absolute Gasteiger partial charge is 0.496 e. The van der Waals surface area contributed by atoms with E-state index in [0.29, 0.717) is 61.7 Å². The Balaban J connectivity index is 1.35. The highest BCUT2D eigenvalue weighted by molar-refractivity contribution is 5.95. The lowest BCUT2D eigenvalue weighted by Gasteiger charge is -2.63. The molecule has 1 aromatic heterocycles. The van der Waals surface area contributed by atoms with Crippen molar-refractivity contribution < 1.29 is 47.2 Å². The number of carbonyl (C=O) groups excluding carboxylic acids is 3. The van der Waals surface area contributed by atoms with Gasteiger partial charge in [-0.3, -0.25) is 19.4 Å². The van der Waals surface area contributed by atoms with Gasteiger partial charge in [0.2, 0.25) is 11.5 Å². The van der Waals surface area contributed by atoms with Crippen molar-refractivity contribution in [2.24, 2.45) is 17.3 Å². The van der Waals surface area contributed by atoms with Crippen LogP contribution in [0.5, 0.6) is 5.75 Å². The third kappa shape index (κ3) is 5.17. The van der Waals surface area contributed by atoms with E-state index in [1.807, 2.05) is 67.4 Å². The summed E-state index contributed by atoms with van der Waals surface area (Å²) in [5.74, 6) is -5.92. The van der Waals surface area contributed by atoms with Crippen LogP contribution in [-0.2, 0) is 46.0 Å². The van der Waals surface area contributed by atoms with Crippen LogP contribution in [-0.4, -0.2) is 122 Å². The standard InChI is InChI=1S/C45H54F2N4O8/c1-8-42-14-11-16-51-17-15-43(36(42)51)30-19-31(34(56-5)20-33(30)49(4)37(43)45(55,40(54)58-7)38(42)59-25(2)52)44(39(53)57-6)21-26-18-27(41(3,46)47)23-50(22-26)24-29-28-12-9-10-13-32(28)48-35(29)44/h9-14,19-20,26-27,36-38,48,55H,8,15-18,21-24H2,1-7H3/t26?,27?,36-,37+,38?,42-,43-,44+,45+/m1/s1. The van der Waals surface area contributed by atoms with Crippen molar-refractivity contribution in [3.63, 3.8) is 0 Å². The number of fused-ring (bicyclic) bond motifs is 6. The van der Waals surface area contributed by atoms with Crippen LogP contribution in [0.2, 0.25) is 0 Å². The minimum atomic E-state index is -2.94. The molecule has 4 unspecified atom stereocenters. The predicted octanol–water partition coefficient (Wildman–Crippen LogP) is 5.08. The monoisotopic (exact) mass is 816 g/mol. The van der Waals surface area contributed by atoms with Crippen LogP contribution in [0.1, 0.15) is 68.8 Å². The lowest BCUT2D eigenvalue weighted by Crippen LogP contribution is -2.81. The van der Waals surface area contributed by atoms with Crippen LogP contribution >= 0.6 is 0 Å². The zero-order chi connectivity index (χ0) is 42.0. The van der Waals surface area contributed by atoms with E-state index in [0.717, 1.165) is 29.0 Å². The van der Waals surface area contributed by atoms with Crippen molar-refractivity contribution in [2.45, 2.75) is 93.5 Å². The number of methoxy groups -OCH3 is 3. The molecule has 14 heteroatoms. The molecule has 0 radical (unpaired) electrons. The normalized spacial score (nSPS) is 35.8. The van der Waals surface area contributed by atoms with E-state index in [1.165, 1.54) is 28.3 Å². The number of alkyl halides is 2. The number of nitrogens with one attached hydrogen (secondary N) is 1. The zero-order valence-corrected chi connectivity index (χ0v) is 34.8. The molecule has 3 aromatic rings. The van der Waals surface area contributed by atoms with Gasteiger partial charge in [-0.1, -0.05) is 37.3 Å². The van der Waals surface area contributed by atoms with E-state index in [4.69, 9.17) is 18.9 Å². The first-order chi connectivity index (χ1) is 28.1. The summed E-state index contributed by atoms with van der Waals surface area (Å²) in [6.45, 7) is 6.55. The molecule has 2 aromatic carbocycles. The van der Waals surface area contributed by atoms with Gasteiger partial charge in [0.1, 0.15) is 11.2 Å². The lowest BCUT2D eigenvalue weighted by molar-refractivity contribution is -0.228. The van der Waals surface area contributed by atoms with E-state index in [9.17, 15) is 14.7 Å². The number of hydrogen-bond donors (Lipinski definition) is 2. The molecule has 6 aliphatic rings. The molecule has 6 heterocycles. The van der Waals surface area contributed by atoms with Gasteiger partial charge in [0.05, 0.1) is 27.4 Å². The van der Waals surface area contributed by atoms with E-state index >= 15 is 13.6 Å². The van der Waals surface area contributed by atoms with Crippen LogP contribution < -0.4 is 9.64 Å². The van der Waals surface area contributed by atoms with Crippen molar-refractivity contribution in [1.29, 1.82) is 0 Å². The number of rotatable bonds is 7. The Kier molecular flexibility index (Phi) is 9.12. The molecule has 10 atom stereocenters. The molecular formula is C45H54F2N4O8. The number of halogens is 2. The number of para-hydroxylation sites is 1. The van der Waals surface area contributed by atoms with Gasteiger partial charge in [0.25, 0.3) is 0 Å². The quantitative estimate of drug-likeness (QED) is 0.188. The summed E-state index contributed by atoms with van der Waals surface area (Å²) in [6.07, 6.45) is 4.04. The van der Waals surface area contributed by atoms with Crippen molar-refractivity contribution in [3.8, 4) is 5.75 Å². The average molecular weight is 817 g/mol. The van der Waals surface area contributed by atoms with E-state index in [1.54, 1.807) is 0 Å². The maximum Gasteiger partial charge on any atom is 0.344 e. The first kappa shape index (κ1) is 39.9. The number of esters is 3. The van der Waals surface area contributed by atoms with Gasteiger partial charge >= 0.3 is 17.9 Å². The van der Waals surface area contributed by atoms with Gasteiger partial charge in [-0.25, -0.2) is 13.6 Å². The molecule has 316 valence electrons. The number of piperidine rings is 1. The smallest absolute Gasteiger partial charge is 0.344 e. The fourth-order valence-corrected chi connectivity index (χ4v) is 13.2. The van der Waals surface area contributed by atoms with Crippen LogP contribution in [0, 0.1) is 17.3 Å². The summed E-state index contributed by atoms with van der Waals surface area (Å²) in [5.41, 5.74) is -1.64. The Morgan fingerprint density at radius 2 is 1.78 bits per heavy atom. The molecule has 2 bridgehead atoms. The highest BCUT2D eigenvalue weighted by Crippen LogP contribution is 2.68. The van der Waals surface area contributed by atoms with Crippen LogP contribution in [0.15, 0.2) is 48.6 Å². The summed E-state index contributed by atoms with van der Waals surface area (Å²) >= 11 is 0. The first-order valence-electron chi connectivity index (χ1n) is 20.7. The number of H-pyrrole nitrogens is 1. The summed E-state index contributed by atoms with van der Waals surface area (Å²) < 4.78 is 54.3. The van der Waals surface area contributed by atoms with E-state index < -0.39 is 63.7 Å². The number of carbonyl (C=O) groups is 3. The van der Waals surface area contributed by atoms with E-state index in [-0.39, 0.29) is 31.3 Å². The van der Waals surface area contributed by atoms with Crippen molar-refractivity contribution in [2.75, 3.05) is 59.5 Å². The fourth-order valence-electron chi connectivity index (χ4n) is 13.2. The van der Waals surface area contributed by atoms with Crippen molar-refractivity contribution in [3.05, 3.63) is 70.9 Å². The second-order valence-corrected chi connectivity index (χ2v) is 18.0. The van der Waals surface area contributed by atoms with Gasteiger partial charge in [0.15, 0.2) is 6.10 Å². The third-order valence-corrected chi connectivity index (χ3v) is 15.3. The number of nitrogens with zero attached hydrogens (tertiary/aromatic N) is 3. The molecule has 2 N–H and O–H groups in total. The maximum atomic E-state index is 15.3. The van der Waals surface area contributed by atoms with Crippen molar-refractivity contribution >= 4 is 34.5 Å². The van der Waals surface area contributed by atoms with Gasteiger partial charge < -0.3 is 33.9 Å². The minimum absolute atomic E-state index is 0.155. The molecule has 12 nitrogen and oxygen atoms in total. The Bertz CT molecular complexity index is 2270. The Morgan fingerprint density at radius 1 is 1.03 bits per heavy atom. The Hall–Kier alpha value is -4.53. The number of benzene rings is 2. The Labute approximate surface area is 342 Å². The molecular weight excluding hydrogens is 763 g/mol. The minimum Gasteiger partial charge on any atom is -0.496 e. The maximum absolute atomic E-state index is 15.3. The SMILES string of the molecule is CC[C@]12C=CCN3CC[C@@]4(c5cc([C@@]6(C(=O)OC)CC7CC(C(C)(F)F)CN(Cc8c6[nH]c6ccccc86)C7)c(OC)cc5N(C)[C@@H]4[C@@](O)(C(=O)OC)C1OC(C)=O)[C@H]32. The molecule has 0 amide bonds. The van der Waals surface area contributed by atoms with Crippen molar-refractivity contribution in [1.82, 2.24) is 14.8 Å². The topological polar surface area (TPSA) is 134 Å². The second kappa shape index (κ2) is 13.5. The summed E-state index contributed by atoms with van der Waals surface area (Å²) in [5, 5.41) is 14.2. The molecule has 3 fully saturated rings. The van der Waals surface area contributed by atoms with Gasteiger partial charge in [-0.15, -0.1) is 0 Å². The highest BCUT2D eigenvalue weighted by atomic mass is 19.3. The molecule has 1 spiro atoms. The Morgan fingerprint density at radius 3 is 2.46 bits per heavy atom. The van der Waals surface area contributed by atoms with Crippen LogP contribution in [0.3, 0.4) is 0 Å².